The third-order valence-corrected chi connectivity index (χ3v) is 6.49. The summed E-state index contributed by atoms with van der Waals surface area (Å²) in [7, 11) is 1.73. The topological polar surface area (TPSA) is 92.5 Å². The summed E-state index contributed by atoms with van der Waals surface area (Å²) in [6, 6.07) is 9.40. The average molecular weight is 414 g/mol. The molecule has 3 N–H and O–H groups in total. The van der Waals surface area contributed by atoms with Gasteiger partial charge in [-0.05, 0) is 49.3 Å². The van der Waals surface area contributed by atoms with Crippen molar-refractivity contribution in [2.24, 2.45) is 11.7 Å². The van der Waals surface area contributed by atoms with Gasteiger partial charge in [0.15, 0.2) is 0 Å². The molecule has 0 aliphatic heterocycles. The minimum atomic E-state index is -0.494. The van der Waals surface area contributed by atoms with E-state index in [1.54, 1.807) is 11.9 Å². The third-order valence-electron chi connectivity index (χ3n) is 5.32. The highest BCUT2D eigenvalue weighted by Crippen LogP contribution is 2.39. The number of amides is 3. The van der Waals surface area contributed by atoms with E-state index >= 15 is 0 Å². The summed E-state index contributed by atoms with van der Waals surface area (Å²) in [5.41, 5.74) is 7.87. The maximum absolute atomic E-state index is 12.4. The largest absolute Gasteiger partial charge is 0.365 e. The van der Waals surface area contributed by atoms with Crippen LogP contribution in [0.2, 0.25) is 0 Å². The molecule has 1 heterocycles. The molecule has 3 amide bonds. The maximum Gasteiger partial charge on any atom is 0.251 e. The second kappa shape index (κ2) is 9.22. The number of nitrogens with zero attached hydrogens (tertiary/aromatic N) is 1. The number of fused-ring (bicyclic) bond motifs is 1. The van der Waals surface area contributed by atoms with E-state index in [0.29, 0.717) is 22.9 Å². The molecule has 3 rings (SSSR count). The molecule has 1 unspecified atom stereocenters. The fourth-order valence-corrected chi connectivity index (χ4v) is 5.08. The summed E-state index contributed by atoms with van der Waals surface area (Å²) in [4.78, 5) is 39.4. The van der Waals surface area contributed by atoms with Crippen molar-refractivity contribution in [1.29, 1.82) is 0 Å². The first-order chi connectivity index (χ1) is 13.9. The molecule has 1 aliphatic carbocycles. The molecule has 2 aromatic rings. The molecule has 0 saturated heterocycles. The molecule has 1 aliphatic rings. The smallest absolute Gasteiger partial charge is 0.251 e. The van der Waals surface area contributed by atoms with Crippen LogP contribution in [0.1, 0.15) is 53.4 Å². The Kier molecular flexibility index (Phi) is 6.69. The van der Waals surface area contributed by atoms with Crippen LogP contribution in [0.4, 0.5) is 10.7 Å². The summed E-state index contributed by atoms with van der Waals surface area (Å²) in [5.74, 6) is -0.165. The first-order valence-electron chi connectivity index (χ1n) is 9.92. The van der Waals surface area contributed by atoms with Crippen LogP contribution in [0.25, 0.3) is 0 Å². The third kappa shape index (κ3) is 5.03. The number of thiophene rings is 1. The molecule has 0 saturated carbocycles. The van der Waals surface area contributed by atoms with Crippen LogP contribution in [0.15, 0.2) is 30.3 Å². The molecule has 154 valence electrons. The molecule has 0 radical (unpaired) electrons. The first kappa shape index (κ1) is 21.0. The van der Waals surface area contributed by atoms with Crippen molar-refractivity contribution in [2.75, 3.05) is 17.3 Å². The van der Waals surface area contributed by atoms with Gasteiger partial charge in [-0.3, -0.25) is 14.4 Å². The number of rotatable bonds is 7. The molecule has 0 spiro atoms. The number of nitrogens with one attached hydrogen (secondary N) is 1. The summed E-state index contributed by atoms with van der Waals surface area (Å²) < 4.78 is 0. The van der Waals surface area contributed by atoms with E-state index in [4.69, 9.17) is 5.73 Å². The number of carbonyl (C=O) groups is 3. The van der Waals surface area contributed by atoms with E-state index in [-0.39, 0.29) is 24.7 Å². The Morgan fingerprint density at radius 1 is 1.21 bits per heavy atom. The normalized spacial score (nSPS) is 15.4. The lowest BCUT2D eigenvalue weighted by molar-refractivity contribution is -0.118. The van der Waals surface area contributed by atoms with Gasteiger partial charge in [0, 0.05) is 30.5 Å². The van der Waals surface area contributed by atoms with Crippen LogP contribution in [0.3, 0.4) is 0 Å². The average Bonchev–Trinajstić information content (AvgIpc) is 3.04. The lowest BCUT2D eigenvalue weighted by atomic mass is 9.88. The zero-order valence-corrected chi connectivity index (χ0v) is 17.7. The number of hydrogen-bond donors (Lipinski definition) is 2. The molecule has 0 bridgehead atoms. The molecular formula is C22H27N3O3S. The fraction of sp³-hybridized carbons (Fsp3) is 0.409. The van der Waals surface area contributed by atoms with Gasteiger partial charge in [0.2, 0.25) is 11.8 Å². The van der Waals surface area contributed by atoms with Crippen molar-refractivity contribution in [3.8, 4) is 0 Å². The second-order valence-electron chi connectivity index (χ2n) is 7.61. The van der Waals surface area contributed by atoms with Gasteiger partial charge in [0.1, 0.15) is 5.00 Å². The maximum atomic E-state index is 12.4. The summed E-state index contributed by atoms with van der Waals surface area (Å²) >= 11 is 1.46. The van der Waals surface area contributed by atoms with Crippen LogP contribution >= 0.6 is 11.3 Å². The summed E-state index contributed by atoms with van der Waals surface area (Å²) in [6.07, 6.45) is 3.69. The number of nitrogens with two attached hydrogens (primary N) is 1. The molecular weight excluding hydrogens is 386 g/mol. The Morgan fingerprint density at radius 2 is 1.93 bits per heavy atom. The molecule has 6 nitrogen and oxygen atoms in total. The fourth-order valence-electron chi connectivity index (χ4n) is 3.65. The zero-order chi connectivity index (χ0) is 21.0. The van der Waals surface area contributed by atoms with E-state index < -0.39 is 5.91 Å². The molecule has 29 heavy (non-hydrogen) atoms. The van der Waals surface area contributed by atoms with Gasteiger partial charge in [0.25, 0.3) is 5.91 Å². The van der Waals surface area contributed by atoms with Crippen molar-refractivity contribution < 1.29 is 14.4 Å². The van der Waals surface area contributed by atoms with Gasteiger partial charge in [0.05, 0.1) is 5.56 Å². The standard InChI is InChI=1S/C22H27N3O3S/c1-14-11-12-16-17(13-14)29-22(20(16)21(23)28)24-18(26)9-6-10-19(27)25(2)15-7-4-3-5-8-15/h3-5,7-8,14H,6,9-13H2,1-2H3,(H2,23,28)(H,24,26). The van der Waals surface area contributed by atoms with Gasteiger partial charge in [-0.15, -0.1) is 11.3 Å². The van der Waals surface area contributed by atoms with Crippen molar-refractivity contribution >= 4 is 39.7 Å². The van der Waals surface area contributed by atoms with Crippen LogP contribution < -0.4 is 16.0 Å². The first-order valence-corrected chi connectivity index (χ1v) is 10.7. The Hall–Kier alpha value is -2.67. The van der Waals surface area contributed by atoms with E-state index in [9.17, 15) is 14.4 Å². The minimum Gasteiger partial charge on any atom is -0.365 e. The number of benzene rings is 1. The van der Waals surface area contributed by atoms with Crippen LogP contribution in [0, 0.1) is 5.92 Å². The van der Waals surface area contributed by atoms with Gasteiger partial charge < -0.3 is 16.0 Å². The van der Waals surface area contributed by atoms with Crippen LogP contribution in [-0.2, 0) is 22.4 Å². The molecule has 1 aromatic carbocycles. The van der Waals surface area contributed by atoms with Gasteiger partial charge in [-0.1, -0.05) is 25.1 Å². The number of hydrogen-bond acceptors (Lipinski definition) is 4. The van der Waals surface area contributed by atoms with E-state index in [1.807, 2.05) is 30.3 Å². The SMILES string of the molecule is CC1CCc2c(sc(NC(=O)CCCC(=O)N(C)c3ccccc3)c2C(N)=O)C1. The predicted molar refractivity (Wildman–Crippen MR) is 116 cm³/mol. The lowest BCUT2D eigenvalue weighted by Gasteiger charge is -2.18. The number of anilines is 2. The number of carbonyl (C=O) groups excluding carboxylic acids is 3. The monoisotopic (exact) mass is 413 g/mol. The molecule has 1 aromatic heterocycles. The van der Waals surface area contributed by atoms with Crippen molar-refractivity contribution in [3.63, 3.8) is 0 Å². The Morgan fingerprint density at radius 3 is 2.62 bits per heavy atom. The highest BCUT2D eigenvalue weighted by atomic mass is 32.1. The van der Waals surface area contributed by atoms with Gasteiger partial charge >= 0.3 is 0 Å². The second-order valence-corrected chi connectivity index (χ2v) is 8.72. The minimum absolute atomic E-state index is 0.0394. The van der Waals surface area contributed by atoms with Gasteiger partial charge in [-0.25, -0.2) is 0 Å². The highest BCUT2D eigenvalue weighted by Gasteiger charge is 2.27. The summed E-state index contributed by atoms with van der Waals surface area (Å²) in [5, 5.41) is 3.40. The Bertz CT molecular complexity index is 908. The van der Waals surface area contributed by atoms with E-state index in [0.717, 1.165) is 35.4 Å². The van der Waals surface area contributed by atoms with E-state index in [2.05, 4.69) is 12.2 Å². The van der Waals surface area contributed by atoms with Crippen LogP contribution in [0.5, 0.6) is 0 Å². The van der Waals surface area contributed by atoms with Gasteiger partial charge in [-0.2, -0.15) is 0 Å². The number of para-hydroxylation sites is 1. The molecule has 7 heteroatoms. The lowest BCUT2D eigenvalue weighted by Crippen LogP contribution is -2.26. The van der Waals surface area contributed by atoms with Crippen molar-refractivity contribution in [2.45, 2.75) is 45.4 Å². The molecule has 0 fully saturated rings. The Labute approximate surface area is 175 Å². The highest BCUT2D eigenvalue weighted by molar-refractivity contribution is 7.17. The Balaban J connectivity index is 1.56. The number of primary amides is 1. The van der Waals surface area contributed by atoms with E-state index in [1.165, 1.54) is 11.3 Å². The van der Waals surface area contributed by atoms with Crippen molar-refractivity contribution in [1.82, 2.24) is 0 Å². The molecule has 1 atom stereocenters. The quantitative estimate of drug-likeness (QED) is 0.724. The predicted octanol–water partition coefficient (Wildman–Crippen LogP) is 3.74. The van der Waals surface area contributed by atoms with Crippen LogP contribution in [-0.4, -0.2) is 24.8 Å². The summed E-state index contributed by atoms with van der Waals surface area (Å²) in [6.45, 7) is 2.19. The zero-order valence-electron chi connectivity index (χ0n) is 16.9. The van der Waals surface area contributed by atoms with Crippen molar-refractivity contribution in [3.05, 3.63) is 46.3 Å².